The first kappa shape index (κ1) is 18.4. The highest BCUT2D eigenvalue weighted by Crippen LogP contribution is 2.31. The first-order chi connectivity index (χ1) is 15.6. The Hall–Kier alpha value is -4.40. The molecule has 0 fully saturated rings. The molecular formula is C23H17FN8. The second-order valence-electron chi connectivity index (χ2n) is 7.59. The van der Waals surface area contributed by atoms with Gasteiger partial charge in [0.15, 0.2) is 11.5 Å². The molecule has 0 saturated carbocycles. The number of pyridine rings is 2. The van der Waals surface area contributed by atoms with Gasteiger partial charge < -0.3 is 9.55 Å². The quantitative estimate of drug-likeness (QED) is 0.438. The minimum Gasteiger partial charge on any atom is -0.335 e. The van der Waals surface area contributed by atoms with Crippen LogP contribution in [0.1, 0.15) is 5.82 Å². The van der Waals surface area contributed by atoms with Crippen molar-refractivity contribution in [1.82, 2.24) is 39.7 Å². The highest BCUT2D eigenvalue weighted by atomic mass is 19.1. The van der Waals surface area contributed by atoms with Crippen molar-refractivity contribution in [2.75, 3.05) is 0 Å². The third-order valence-electron chi connectivity index (χ3n) is 5.64. The Balaban J connectivity index is 1.52. The summed E-state index contributed by atoms with van der Waals surface area (Å²) in [7, 11) is 1.96. The highest BCUT2D eigenvalue weighted by molar-refractivity contribution is 5.95. The van der Waals surface area contributed by atoms with Crippen molar-refractivity contribution in [2.24, 2.45) is 7.05 Å². The number of aromatic nitrogens is 8. The van der Waals surface area contributed by atoms with Gasteiger partial charge in [-0.1, -0.05) is 12.1 Å². The summed E-state index contributed by atoms with van der Waals surface area (Å²) in [6.45, 7) is 1.95. The van der Waals surface area contributed by atoms with Crippen LogP contribution in [0.4, 0.5) is 4.39 Å². The molecule has 2 N–H and O–H groups in total. The van der Waals surface area contributed by atoms with Gasteiger partial charge in [-0.15, -0.1) is 0 Å². The molecule has 0 radical (unpaired) electrons. The molecule has 0 amide bonds. The molecule has 5 heterocycles. The summed E-state index contributed by atoms with van der Waals surface area (Å²) in [6, 6.07) is 10.3. The van der Waals surface area contributed by atoms with E-state index in [9.17, 15) is 4.39 Å². The van der Waals surface area contributed by atoms with Gasteiger partial charge in [0.2, 0.25) is 0 Å². The standard InChI is InChI=1S/C23H17FN8/c1-12-26-11-19(32(12)2)16-6-7-17-21(27-16)22(31-30-17)23-28-18-10-25-9-15(20(18)29-23)13-4-3-5-14(24)8-13/h3-11H,1-2H3,(H,28,29)(H,30,31). The largest absolute Gasteiger partial charge is 0.335 e. The van der Waals surface area contributed by atoms with Gasteiger partial charge >= 0.3 is 0 Å². The summed E-state index contributed by atoms with van der Waals surface area (Å²) in [6.07, 6.45) is 5.19. The molecule has 32 heavy (non-hydrogen) atoms. The van der Waals surface area contributed by atoms with Gasteiger partial charge in [-0.2, -0.15) is 5.10 Å². The lowest BCUT2D eigenvalue weighted by Crippen LogP contribution is -1.96. The fraction of sp³-hybridized carbons (Fsp3) is 0.0870. The lowest BCUT2D eigenvalue weighted by molar-refractivity contribution is 0.628. The molecule has 9 heteroatoms. The van der Waals surface area contributed by atoms with Crippen LogP contribution in [0.25, 0.3) is 56.1 Å². The number of aromatic amines is 2. The van der Waals surface area contributed by atoms with Gasteiger partial charge in [-0.25, -0.2) is 19.3 Å². The molecule has 1 aromatic carbocycles. The number of nitrogens with zero attached hydrogens (tertiary/aromatic N) is 6. The lowest BCUT2D eigenvalue weighted by Gasteiger charge is -2.03. The summed E-state index contributed by atoms with van der Waals surface area (Å²) in [5.41, 5.74) is 6.67. The zero-order chi connectivity index (χ0) is 21.8. The third kappa shape index (κ3) is 2.78. The van der Waals surface area contributed by atoms with Gasteiger partial charge in [0.25, 0.3) is 0 Å². The Morgan fingerprint density at radius 1 is 0.969 bits per heavy atom. The summed E-state index contributed by atoms with van der Waals surface area (Å²) in [4.78, 5) is 21.6. The summed E-state index contributed by atoms with van der Waals surface area (Å²) in [5, 5.41) is 7.48. The molecule has 6 rings (SSSR count). The highest BCUT2D eigenvalue weighted by Gasteiger charge is 2.18. The van der Waals surface area contributed by atoms with Crippen LogP contribution in [-0.4, -0.2) is 39.7 Å². The zero-order valence-corrected chi connectivity index (χ0v) is 17.3. The number of aryl methyl sites for hydroxylation is 1. The monoisotopic (exact) mass is 424 g/mol. The molecule has 0 spiro atoms. The molecule has 0 aliphatic rings. The van der Waals surface area contributed by atoms with E-state index in [1.807, 2.05) is 36.7 Å². The zero-order valence-electron chi connectivity index (χ0n) is 17.3. The predicted molar refractivity (Wildman–Crippen MR) is 119 cm³/mol. The van der Waals surface area contributed by atoms with Gasteiger partial charge in [0.1, 0.15) is 17.2 Å². The molecule has 5 aromatic heterocycles. The van der Waals surface area contributed by atoms with Crippen LogP contribution in [0.2, 0.25) is 0 Å². The molecule has 0 aliphatic carbocycles. The minimum atomic E-state index is -0.310. The van der Waals surface area contributed by atoms with Crippen molar-refractivity contribution in [3.8, 4) is 34.0 Å². The number of nitrogens with one attached hydrogen (secondary N) is 2. The summed E-state index contributed by atoms with van der Waals surface area (Å²) in [5.74, 6) is 1.16. The number of imidazole rings is 2. The fourth-order valence-corrected chi connectivity index (χ4v) is 3.86. The van der Waals surface area contributed by atoms with E-state index < -0.39 is 0 Å². The van der Waals surface area contributed by atoms with Crippen molar-refractivity contribution in [3.05, 3.63) is 66.6 Å². The number of benzene rings is 1. The van der Waals surface area contributed by atoms with Crippen LogP contribution in [0.15, 0.2) is 55.0 Å². The van der Waals surface area contributed by atoms with Gasteiger partial charge in [-0.05, 0) is 36.8 Å². The van der Waals surface area contributed by atoms with Crippen LogP contribution in [0, 0.1) is 12.7 Å². The maximum Gasteiger partial charge on any atom is 0.161 e. The molecule has 0 saturated heterocycles. The normalized spacial score (nSPS) is 11.6. The van der Waals surface area contributed by atoms with E-state index in [1.165, 1.54) is 12.1 Å². The maximum absolute atomic E-state index is 13.8. The Bertz CT molecular complexity index is 1620. The van der Waals surface area contributed by atoms with E-state index in [-0.39, 0.29) is 5.82 Å². The molecule has 0 bridgehead atoms. The van der Waals surface area contributed by atoms with E-state index in [4.69, 9.17) is 9.97 Å². The van der Waals surface area contributed by atoms with Gasteiger partial charge in [0.05, 0.1) is 40.3 Å². The van der Waals surface area contributed by atoms with Crippen LogP contribution in [-0.2, 0) is 7.05 Å². The molecular weight excluding hydrogens is 407 g/mol. The third-order valence-corrected chi connectivity index (χ3v) is 5.64. The van der Waals surface area contributed by atoms with Crippen molar-refractivity contribution in [3.63, 3.8) is 0 Å². The molecule has 8 nitrogen and oxygen atoms in total. The molecule has 0 unspecified atom stereocenters. The number of halogens is 1. The van der Waals surface area contributed by atoms with E-state index in [1.54, 1.807) is 24.7 Å². The Kier molecular flexibility index (Phi) is 3.91. The van der Waals surface area contributed by atoms with Crippen LogP contribution in [0.5, 0.6) is 0 Å². The van der Waals surface area contributed by atoms with Crippen LogP contribution < -0.4 is 0 Å². The Labute approximate surface area is 181 Å². The van der Waals surface area contributed by atoms with Crippen molar-refractivity contribution in [1.29, 1.82) is 0 Å². The molecule has 156 valence electrons. The second kappa shape index (κ2) is 6.81. The van der Waals surface area contributed by atoms with E-state index in [2.05, 4.69) is 25.1 Å². The number of hydrogen-bond acceptors (Lipinski definition) is 5. The van der Waals surface area contributed by atoms with Crippen LogP contribution in [0.3, 0.4) is 0 Å². The molecule has 6 aromatic rings. The minimum absolute atomic E-state index is 0.310. The smallest absolute Gasteiger partial charge is 0.161 e. The number of fused-ring (bicyclic) bond motifs is 2. The first-order valence-corrected chi connectivity index (χ1v) is 10.0. The van der Waals surface area contributed by atoms with Crippen molar-refractivity contribution < 1.29 is 4.39 Å². The van der Waals surface area contributed by atoms with Crippen LogP contribution >= 0.6 is 0 Å². The predicted octanol–water partition coefficient (Wildman–Crippen LogP) is 4.41. The molecule has 0 aliphatic heterocycles. The maximum atomic E-state index is 13.8. The SMILES string of the molecule is Cc1ncc(-c2ccc3[nH]nc(-c4nc5c(-c6cccc(F)c6)cncc5[nH]4)c3n2)n1C. The number of hydrogen-bond donors (Lipinski definition) is 2. The Morgan fingerprint density at radius 3 is 2.69 bits per heavy atom. The van der Waals surface area contributed by atoms with E-state index in [0.29, 0.717) is 28.1 Å². The van der Waals surface area contributed by atoms with Crippen molar-refractivity contribution in [2.45, 2.75) is 6.92 Å². The average Bonchev–Trinajstić information content (AvgIpc) is 3.50. The van der Waals surface area contributed by atoms with E-state index in [0.717, 1.165) is 33.8 Å². The number of rotatable bonds is 3. The fourth-order valence-electron chi connectivity index (χ4n) is 3.86. The van der Waals surface area contributed by atoms with Crippen molar-refractivity contribution >= 4 is 22.1 Å². The first-order valence-electron chi connectivity index (χ1n) is 10.0. The molecule has 0 atom stereocenters. The van der Waals surface area contributed by atoms with E-state index >= 15 is 0 Å². The second-order valence-corrected chi connectivity index (χ2v) is 7.59. The lowest BCUT2D eigenvalue weighted by atomic mass is 10.1. The van der Waals surface area contributed by atoms with Gasteiger partial charge in [-0.3, -0.25) is 10.1 Å². The summed E-state index contributed by atoms with van der Waals surface area (Å²) < 4.78 is 15.8. The summed E-state index contributed by atoms with van der Waals surface area (Å²) >= 11 is 0. The van der Waals surface area contributed by atoms with Gasteiger partial charge in [0, 0.05) is 18.8 Å². The topological polar surface area (TPSA) is 101 Å². The average molecular weight is 424 g/mol. The number of H-pyrrole nitrogens is 2. The Morgan fingerprint density at radius 2 is 1.88 bits per heavy atom.